The van der Waals surface area contributed by atoms with Crippen LogP contribution < -0.4 is 14.2 Å². The van der Waals surface area contributed by atoms with E-state index < -0.39 is 11.9 Å². The Morgan fingerprint density at radius 1 is 1.03 bits per heavy atom. The van der Waals surface area contributed by atoms with E-state index in [1.807, 2.05) is 42.5 Å². The van der Waals surface area contributed by atoms with Gasteiger partial charge in [0, 0.05) is 25.0 Å². The number of carboxylic acids is 1. The van der Waals surface area contributed by atoms with Crippen LogP contribution in [0.1, 0.15) is 75.5 Å². The van der Waals surface area contributed by atoms with Gasteiger partial charge in [-0.3, -0.25) is 9.69 Å². The fourth-order valence-electron chi connectivity index (χ4n) is 5.48. The first kappa shape index (κ1) is 26.1. The lowest BCUT2D eigenvalue weighted by Gasteiger charge is -2.27. The predicted molar refractivity (Wildman–Crippen MR) is 141 cm³/mol. The molecule has 1 saturated heterocycles. The lowest BCUT2D eigenvalue weighted by atomic mass is 9.82. The van der Waals surface area contributed by atoms with Crippen molar-refractivity contribution in [3.63, 3.8) is 0 Å². The maximum absolute atomic E-state index is 12.8. The van der Waals surface area contributed by atoms with Crippen LogP contribution in [-0.2, 0) is 4.79 Å². The maximum Gasteiger partial charge on any atom is 0.309 e. The highest BCUT2D eigenvalue weighted by Gasteiger charge is 2.47. The van der Waals surface area contributed by atoms with Gasteiger partial charge >= 0.3 is 5.97 Å². The third-order valence-corrected chi connectivity index (χ3v) is 7.48. The van der Waals surface area contributed by atoms with E-state index in [4.69, 9.17) is 14.2 Å². The molecule has 2 aliphatic rings. The highest BCUT2D eigenvalue weighted by Crippen LogP contribution is 2.47. The van der Waals surface area contributed by atoms with E-state index in [-0.39, 0.29) is 18.8 Å². The van der Waals surface area contributed by atoms with Crippen LogP contribution in [0.3, 0.4) is 0 Å². The Morgan fingerprint density at radius 2 is 1.69 bits per heavy atom. The van der Waals surface area contributed by atoms with Gasteiger partial charge in [0.1, 0.15) is 5.75 Å². The van der Waals surface area contributed by atoms with Crippen molar-refractivity contribution in [3.05, 3.63) is 65.2 Å². The van der Waals surface area contributed by atoms with E-state index in [1.54, 1.807) is 7.11 Å². The average Bonchev–Trinajstić information content (AvgIpc) is 3.52. The quantitative estimate of drug-likeness (QED) is 0.337. The average molecular weight is 494 g/mol. The number of nitrogens with zero attached hydrogens (tertiary/aromatic N) is 1. The molecule has 2 aromatic rings. The lowest BCUT2D eigenvalue weighted by molar-refractivity contribution is -0.143. The SMILES string of the molecule is CCCCC(=CCN1C[C@H](c2ccc3c(c2)OCO3)[C@H](C(=O)O)[C@H]1c1ccc(OC)cc1)CCCC. The zero-order chi connectivity index (χ0) is 25.5. The molecule has 0 unspecified atom stereocenters. The largest absolute Gasteiger partial charge is 0.497 e. The maximum atomic E-state index is 12.8. The molecule has 0 radical (unpaired) electrons. The highest BCUT2D eigenvalue weighted by atomic mass is 16.7. The molecule has 194 valence electrons. The van der Waals surface area contributed by atoms with E-state index in [0.29, 0.717) is 18.0 Å². The summed E-state index contributed by atoms with van der Waals surface area (Å²) in [5, 5.41) is 10.5. The normalized spacial score (nSPS) is 20.9. The molecule has 3 atom stereocenters. The summed E-state index contributed by atoms with van der Waals surface area (Å²) in [4.78, 5) is 15.1. The number of benzene rings is 2. The van der Waals surface area contributed by atoms with Crippen LogP contribution in [0.2, 0.25) is 0 Å². The van der Waals surface area contributed by atoms with Crippen LogP contribution >= 0.6 is 0 Å². The molecule has 0 spiro atoms. The van der Waals surface area contributed by atoms with E-state index in [0.717, 1.165) is 36.3 Å². The summed E-state index contributed by atoms with van der Waals surface area (Å²) in [6, 6.07) is 13.5. The fraction of sp³-hybridized carbons (Fsp3) is 0.500. The molecule has 4 rings (SSSR count). The number of rotatable bonds is 12. The molecule has 6 heteroatoms. The topological polar surface area (TPSA) is 68.2 Å². The molecule has 0 saturated carbocycles. The van der Waals surface area contributed by atoms with Crippen LogP contribution in [0.15, 0.2) is 54.1 Å². The molecule has 6 nitrogen and oxygen atoms in total. The second-order valence-corrected chi connectivity index (χ2v) is 9.82. The first-order valence-electron chi connectivity index (χ1n) is 13.2. The summed E-state index contributed by atoms with van der Waals surface area (Å²) in [6.45, 7) is 6.06. The van der Waals surface area contributed by atoms with Gasteiger partial charge in [0.25, 0.3) is 0 Å². The molecule has 0 bridgehead atoms. The molecule has 1 N–H and O–H groups in total. The van der Waals surface area contributed by atoms with Gasteiger partial charge in [-0.25, -0.2) is 0 Å². The number of ether oxygens (including phenoxy) is 3. The van der Waals surface area contributed by atoms with E-state index in [9.17, 15) is 9.90 Å². The van der Waals surface area contributed by atoms with Gasteiger partial charge in [-0.15, -0.1) is 0 Å². The van der Waals surface area contributed by atoms with Crippen molar-refractivity contribution in [2.75, 3.05) is 27.0 Å². The molecule has 2 aliphatic heterocycles. The Labute approximate surface area is 214 Å². The first-order valence-corrected chi connectivity index (χ1v) is 13.2. The zero-order valence-electron chi connectivity index (χ0n) is 21.7. The van der Waals surface area contributed by atoms with Crippen LogP contribution in [-0.4, -0.2) is 43.0 Å². The third-order valence-electron chi connectivity index (χ3n) is 7.48. The number of carbonyl (C=O) groups is 1. The summed E-state index contributed by atoms with van der Waals surface area (Å²) in [5.41, 5.74) is 3.47. The monoisotopic (exact) mass is 493 g/mol. The van der Waals surface area contributed by atoms with Crippen molar-refractivity contribution in [2.45, 2.75) is 64.3 Å². The number of allylic oxidation sites excluding steroid dienone is 1. The number of hydrogen-bond acceptors (Lipinski definition) is 5. The van der Waals surface area contributed by atoms with Crippen molar-refractivity contribution in [2.24, 2.45) is 5.92 Å². The van der Waals surface area contributed by atoms with Gasteiger partial charge in [-0.1, -0.05) is 56.5 Å². The minimum Gasteiger partial charge on any atom is -0.497 e. The second kappa shape index (κ2) is 12.3. The summed E-state index contributed by atoms with van der Waals surface area (Å²) in [7, 11) is 1.64. The number of hydrogen-bond donors (Lipinski definition) is 1. The van der Waals surface area contributed by atoms with Gasteiger partial charge in [0.05, 0.1) is 13.0 Å². The van der Waals surface area contributed by atoms with Crippen molar-refractivity contribution in [1.82, 2.24) is 4.90 Å². The standard InChI is InChI=1S/C30H39NO5/c1-4-6-8-21(9-7-5-2)16-17-31-19-25(23-12-15-26-27(18-23)36-20-35-26)28(30(32)33)29(31)22-10-13-24(34-3)14-11-22/h10-16,18,25,28-29H,4-9,17,19-20H2,1-3H3,(H,32,33)/t25-,28+,29-/m1/s1. The zero-order valence-corrected chi connectivity index (χ0v) is 21.7. The summed E-state index contributed by atoms with van der Waals surface area (Å²) >= 11 is 0. The Morgan fingerprint density at radius 3 is 2.33 bits per heavy atom. The second-order valence-electron chi connectivity index (χ2n) is 9.82. The number of aliphatic carboxylic acids is 1. The van der Waals surface area contributed by atoms with Crippen molar-refractivity contribution < 1.29 is 24.1 Å². The summed E-state index contributed by atoms with van der Waals surface area (Å²) in [5.74, 6) is 0.657. The number of carboxylic acid groups (broad SMARTS) is 1. The Hall–Kier alpha value is -2.99. The first-order chi connectivity index (χ1) is 17.5. The summed E-state index contributed by atoms with van der Waals surface area (Å²) < 4.78 is 16.4. The molecular weight excluding hydrogens is 454 g/mol. The smallest absolute Gasteiger partial charge is 0.309 e. The van der Waals surface area contributed by atoms with Gasteiger partial charge in [0.15, 0.2) is 11.5 Å². The van der Waals surface area contributed by atoms with Crippen molar-refractivity contribution in [3.8, 4) is 17.2 Å². The minimum absolute atomic E-state index is 0.160. The number of unbranched alkanes of at least 4 members (excludes halogenated alkanes) is 2. The highest BCUT2D eigenvalue weighted by molar-refractivity contribution is 5.74. The Balaban J connectivity index is 1.68. The van der Waals surface area contributed by atoms with Crippen LogP contribution in [0.5, 0.6) is 17.2 Å². The van der Waals surface area contributed by atoms with Gasteiger partial charge in [0.2, 0.25) is 6.79 Å². The van der Waals surface area contributed by atoms with E-state index in [2.05, 4.69) is 24.8 Å². The van der Waals surface area contributed by atoms with Gasteiger partial charge in [-0.05, 0) is 61.1 Å². The van der Waals surface area contributed by atoms with E-state index >= 15 is 0 Å². The molecule has 0 aromatic heterocycles. The van der Waals surface area contributed by atoms with Crippen LogP contribution in [0, 0.1) is 5.92 Å². The molecule has 1 fully saturated rings. The number of fused-ring (bicyclic) bond motifs is 1. The predicted octanol–water partition coefficient (Wildman–Crippen LogP) is 6.57. The fourth-order valence-corrected chi connectivity index (χ4v) is 5.48. The Kier molecular flexibility index (Phi) is 8.92. The van der Waals surface area contributed by atoms with E-state index in [1.165, 1.54) is 31.3 Å². The molecule has 2 aromatic carbocycles. The molecule has 36 heavy (non-hydrogen) atoms. The van der Waals surface area contributed by atoms with Crippen molar-refractivity contribution in [1.29, 1.82) is 0 Å². The van der Waals surface area contributed by atoms with Gasteiger partial charge in [-0.2, -0.15) is 0 Å². The van der Waals surface area contributed by atoms with Gasteiger partial charge < -0.3 is 19.3 Å². The molecule has 0 amide bonds. The minimum atomic E-state index is -0.776. The van der Waals surface area contributed by atoms with Crippen molar-refractivity contribution >= 4 is 5.97 Å². The molecule has 0 aliphatic carbocycles. The third kappa shape index (κ3) is 5.86. The number of likely N-dealkylation sites (tertiary alicyclic amines) is 1. The van der Waals surface area contributed by atoms with Crippen LogP contribution in [0.4, 0.5) is 0 Å². The molecular formula is C30H39NO5. The summed E-state index contributed by atoms with van der Waals surface area (Å²) in [6.07, 6.45) is 9.33. The lowest BCUT2D eigenvalue weighted by Crippen LogP contribution is -2.29. The molecule has 2 heterocycles. The Bertz CT molecular complexity index is 1040. The van der Waals surface area contributed by atoms with Crippen LogP contribution in [0.25, 0.3) is 0 Å². The number of methoxy groups -OCH3 is 1.